The first-order chi connectivity index (χ1) is 9.56. The van der Waals surface area contributed by atoms with Crippen LogP contribution < -0.4 is 11.2 Å². The maximum Gasteiger partial charge on any atom is 0.333 e. The number of H-pyrrole nitrogens is 1. The van der Waals surface area contributed by atoms with Crippen molar-refractivity contribution in [2.45, 2.75) is 0 Å². The molecule has 0 saturated carbocycles. The standard InChI is InChI=1S/C14H8Cl2N2O2/c15-8-2-1-3-10(6-8)18-12-7-9(16)4-5-11(12)13(19)17-14(18)20/h1-7H,(H,17,19,20). The minimum Gasteiger partial charge on any atom is -0.273 e. The molecule has 0 amide bonds. The maximum absolute atomic E-state index is 12.1. The number of benzene rings is 2. The van der Waals surface area contributed by atoms with Crippen molar-refractivity contribution in [1.29, 1.82) is 0 Å². The Morgan fingerprint density at radius 2 is 1.70 bits per heavy atom. The van der Waals surface area contributed by atoms with Crippen molar-refractivity contribution in [2.24, 2.45) is 0 Å². The van der Waals surface area contributed by atoms with Crippen molar-refractivity contribution in [1.82, 2.24) is 9.55 Å². The molecule has 0 aliphatic carbocycles. The summed E-state index contributed by atoms with van der Waals surface area (Å²) in [6, 6.07) is 11.6. The van der Waals surface area contributed by atoms with E-state index in [-0.39, 0.29) is 0 Å². The molecule has 0 aliphatic heterocycles. The van der Waals surface area contributed by atoms with Crippen LogP contribution in [0.3, 0.4) is 0 Å². The molecule has 0 spiro atoms. The van der Waals surface area contributed by atoms with Gasteiger partial charge in [-0.2, -0.15) is 0 Å². The van der Waals surface area contributed by atoms with E-state index in [2.05, 4.69) is 4.98 Å². The van der Waals surface area contributed by atoms with Crippen LogP contribution in [0.2, 0.25) is 10.0 Å². The second-order valence-electron chi connectivity index (χ2n) is 4.24. The first-order valence-corrected chi connectivity index (χ1v) is 6.52. The Balaban J connectivity index is 2.49. The highest BCUT2D eigenvalue weighted by Crippen LogP contribution is 2.20. The molecule has 0 bridgehead atoms. The molecule has 0 unspecified atom stereocenters. The zero-order valence-corrected chi connectivity index (χ0v) is 11.6. The third-order valence-corrected chi connectivity index (χ3v) is 3.41. The lowest BCUT2D eigenvalue weighted by molar-refractivity contribution is 0.943. The fourth-order valence-corrected chi connectivity index (χ4v) is 2.43. The Morgan fingerprint density at radius 1 is 0.950 bits per heavy atom. The van der Waals surface area contributed by atoms with Crippen molar-refractivity contribution in [3.8, 4) is 5.69 Å². The third-order valence-electron chi connectivity index (χ3n) is 2.94. The number of hydrogen-bond acceptors (Lipinski definition) is 2. The maximum atomic E-state index is 12.1. The topological polar surface area (TPSA) is 54.9 Å². The SMILES string of the molecule is O=c1[nH]c(=O)n(-c2cccc(Cl)c2)c2cc(Cl)ccc12. The van der Waals surface area contributed by atoms with Gasteiger partial charge in [0.1, 0.15) is 0 Å². The van der Waals surface area contributed by atoms with Gasteiger partial charge < -0.3 is 0 Å². The first-order valence-electron chi connectivity index (χ1n) is 5.77. The molecule has 0 atom stereocenters. The van der Waals surface area contributed by atoms with E-state index in [0.717, 1.165) is 0 Å². The zero-order valence-electron chi connectivity index (χ0n) is 10.1. The molecule has 100 valence electrons. The number of aromatic amines is 1. The summed E-state index contributed by atoms with van der Waals surface area (Å²) >= 11 is 11.9. The van der Waals surface area contributed by atoms with Crippen LogP contribution in [-0.4, -0.2) is 9.55 Å². The van der Waals surface area contributed by atoms with Crippen molar-refractivity contribution >= 4 is 34.1 Å². The van der Waals surface area contributed by atoms with Gasteiger partial charge in [-0.3, -0.25) is 14.3 Å². The summed E-state index contributed by atoms with van der Waals surface area (Å²) in [7, 11) is 0. The Hall–Kier alpha value is -2.04. The second kappa shape index (κ2) is 4.81. The van der Waals surface area contributed by atoms with E-state index in [1.54, 1.807) is 42.5 Å². The molecule has 6 heteroatoms. The van der Waals surface area contributed by atoms with E-state index in [0.29, 0.717) is 26.6 Å². The number of halogens is 2. The molecule has 1 heterocycles. The van der Waals surface area contributed by atoms with E-state index in [1.165, 1.54) is 4.57 Å². The summed E-state index contributed by atoms with van der Waals surface area (Å²) in [5.74, 6) is 0. The second-order valence-corrected chi connectivity index (χ2v) is 5.11. The van der Waals surface area contributed by atoms with Gasteiger partial charge in [-0.15, -0.1) is 0 Å². The Bertz CT molecular complexity index is 928. The van der Waals surface area contributed by atoms with Crippen LogP contribution >= 0.6 is 23.2 Å². The molecule has 0 radical (unpaired) electrons. The van der Waals surface area contributed by atoms with E-state index in [1.807, 2.05) is 0 Å². The van der Waals surface area contributed by atoms with Gasteiger partial charge in [-0.1, -0.05) is 29.3 Å². The number of hydrogen-bond donors (Lipinski definition) is 1. The molecule has 20 heavy (non-hydrogen) atoms. The third kappa shape index (κ3) is 2.13. The van der Waals surface area contributed by atoms with Crippen LogP contribution in [0.5, 0.6) is 0 Å². The van der Waals surface area contributed by atoms with Crippen LogP contribution in [-0.2, 0) is 0 Å². The lowest BCUT2D eigenvalue weighted by Crippen LogP contribution is -2.29. The Kier molecular flexibility index (Phi) is 3.12. The van der Waals surface area contributed by atoms with Crippen LogP contribution in [0, 0.1) is 0 Å². The summed E-state index contributed by atoms with van der Waals surface area (Å²) in [6.45, 7) is 0. The van der Waals surface area contributed by atoms with Crippen molar-refractivity contribution < 1.29 is 0 Å². The molecule has 3 aromatic rings. The molecule has 1 aromatic heterocycles. The molecular formula is C14H8Cl2N2O2. The molecule has 2 aromatic carbocycles. The van der Waals surface area contributed by atoms with Crippen LogP contribution in [0.1, 0.15) is 0 Å². The summed E-state index contributed by atoms with van der Waals surface area (Å²) in [5, 5.41) is 1.32. The molecule has 0 fully saturated rings. The normalized spacial score (nSPS) is 10.9. The predicted molar refractivity (Wildman–Crippen MR) is 80.2 cm³/mol. The van der Waals surface area contributed by atoms with Gasteiger partial charge in [0.05, 0.1) is 16.6 Å². The summed E-state index contributed by atoms with van der Waals surface area (Å²) in [5.41, 5.74) is 0.0199. The van der Waals surface area contributed by atoms with Gasteiger partial charge >= 0.3 is 5.69 Å². The Labute approximate surface area is 123 Å². The van der Waals surface area contributed by atoms with E-state index < -0.39 is 11.2 Å². The number of nitrogens with one attached hydrogen (secondary N) is 1. The van der Waals surface area contributed by atoms with Gasteiger partial charge in [0, 0.05) is 10.0 Å². The number of nitrogens with zero attached hydrogens (tertiary/aromatic N) is 1. The van der Waals surface area contributed by atoms with Crippen LogP contribution in [0.4, 0.5) is 0 Å². The van der Waals surface area contributed by atoms with Crippen molar-refractivity contribution in [3.63, 3.8) is 0 Å². The van der Waals surface area contributed by atoms with Crippen molar-refractivity contribution in [3.05, 3.63) is 73.3 Å². The van der Waals surface area contributed by atoms with Gasteiger partial charge in [-0.05, 0) is 36.4 Å². The minimum absolute atomic E-state index is 0.383. The fourth-order valence-electron chi connectivity index (χ4n) is 2.08. The smallest absolute Gasteiger partial charge is 0.273 e. The summed E-state index contributed by atoms with van der Waals surface area (Å²) in [4.78, 5) is 26.2. The first kappa shape index (κ1) is 13.0. The van der Waals surface area contributed by atoms with Gasteiger partial charge in [-0.25, -0.2) is 4.79 Å². The highest BCUT2D eigenvalue weighted by atomic mass is 35.5. The summed E-state index contributed by atoms with van der Waals surface area (Å²) in [6.07, 6.45) is 0. The molecule has 4 nitrogen and oxygen atoms in total. The highest BCUT2D eigenvalue weighted by molar-refractivity contribution is 6.31. The molecular weight excluding hydrogens is 299 g/mol. The molecule has 1 N–H and O–H groups in total. The van der Waals surface area contributed by atoms with Gasteiger partial charge in [0.15, 0.2) is 0 Å². The van der Waals surface area contributed by atoms with Crippen LogP contribution in [0.25, 0.3) is 16.6 Å². The highest BCUT2D eigenvalue weighted by Gasteiger charge is 2.10. The average molecular weight is 307 g/mol. The summed E-state index contributed by atoms with van der Waals surface area (Å²) < 4.78 is 1.37. The average Bonchev–Trinajstić information content (AvgIpc) is 2.38. The van der Waals surface area contributed by atoms with Crippen LogP contribution in [0.15, 0.2) is 52.1 Å². The minimum atomic E-state index is -0.535. The quantitative estimate of drug-likeness (QED) is 0.751. The molecule has 0 aliphatic rings. The lowest BCUT2D eigenvalue weighted by atomic mass is 10.2. The molecule has 3 rings (SSSR count). The monoisotopic (exact) mass is 306 g/mol. The number of aromatic nitrogens is 2. The predicted octanol–water partition coefficient (Wildman–Crippen LogP) is 2.99. The lowest BCUT2D eigenvalue weighted by Gasteiger charge is -2.10. The van der Waals surface area contributed by atoms with E-state index >= 15 is 0 Å². The number of fused-ring (bicyclic) bond motifs is 1. The van der Waals surface area contributed by atoms with Gasteiger partial charge in [0.2, 0.25) is 0 Å². The fraction of sp³-hybridized carbons (Fsp3) is 0. The largest absolute Gasteiger partial charge is 0.333 e. The zero-order chi connectivity index (χ0) is 14.3. The van der Waals surface area contributed by atoms with E-state index in [4.69, 9.17) is 23.2 Å². The molecule has 0 saturated heterocycles. The van der Waals surface area contributed by atoms with E-state index in [9.17, 15) is 9.59 Å². The van der Waals surface area contributed by atoms with Crippen molar-refractivity contribution in [2.75, 3.05) is 0 Å². The number of rotatable bonds is 1. The Morgan fingerprint density at radius 3 is 2.45 bits per heavy atom. The van der Waals surface area contributed by atoms with Gasteiger partial charge in [0.25, 0.3) is 5.56 Å².